The lowest BCUT2D eigenvalue weighted by Crippen LogP contribution is -2.48. The summed E-state index contributed by atoms with van der Waals surface area (Å²) in [5, 5.41) is 4.38. The Morgan fingerprint density at radius 3 is 2.57 bits per heavy atom. The predicted molar refractivity (Wildman–Crippen MR) is 84.2 cm³/mol. The SMILES string of the molecule is CCN(C(=O)c1c(C)nn(C)c1C)C1CCCCC1CN. The maximum absolute atomic E-state index is 13.0. The van der Waals surface area contributed by atoms with Crippen molar-refractivity contribution >= 4 is 5.91 Å². The highest BCUT2D eigenvalue weighted by Gasteiger charge is 2.33. The fourth-order valence-electron chi connectivity index (χ4n) is 3.63. The molecule has 2 rings (SSSR count). The molecular weight excluding hydrogens is 264 g/mol. The van der Waals surface area contributed by atoms with E-state index in [1.54, 1.807) is 4.68 Å². The van der Waals surface area contributed by atoms with E-state index in [9.17, 15) is 4.79 Å². The van der Waals surface area contributed by atoms with Crippen LogP contribution in [0.15, 0.2) is 0 Å². The number of aryl methyl sites for hydroxylation is 2. The van der Waals surface area contributed by atoms with Crippen LogP contribution in [0.1, 0.15) is 54.4 Å². The summed E-state index contributed by atoms with van der Waals surface area (Å²) in [5.74, 6) is 0.547. The summed E-state index contributed by atoms with van der Waals surface area (Å²) in [6.07, 6.45) is 4.63. The minimum Gasteiger partial charge on any atom is -0.336 e. The number of carbonyl (C=O) groups excluding carboxylic acids is 1. The van der Waals surface area contributed by atoms with Gasteiger partial charge in [-0.3, -0.25) is 9.48 Å². The Balaban J connectivity index is 2.29. The van der Waals surface area contributed by atoms with Crippen LogP contribution >= 0.6 is 0 Å². The molecule has 2 atom stereocenters. The maximum atomic E-state index is 13.0. The van der Waals surface area contributed by atoms with Crippen LogP contribution in [0.4, 0.5) is 0 Å². The monoisotopic (exact) mass is 292 g/mol. The zero-order chi connectivity index (χ0) is 15.6. The number of amides is 1. The van der Waals surface area contributed by atoms with E-state index < -0.39 is 0 Å². The highest BCUT2D eigenvalue weighted by molar-refractivity contribution is 5.96. The molecule has 1 fully saturated rings. The van der Waals surface area contributed by atoms with Gasteiger partial charge in [0, 0.05) is 25.3 Å². The molecule has 1 heterocycles. The number of nitrogens with zero attached hydrogens (tertiary/aromatic N) is 3. The van der Waals surface area contributed by atoms with Crippen LogP contribution in [0.2, 0.25) is 0 Å². The Labute approximate surface area is 127 Å². The van der Waals surface area contributed by atoms with Gasteiger partial charge in [-0.05, 0) is 46.1 Å². The molecule has 2 N–H and O–H groups in total. The van der Waals surface area contributed by atoms with Crippen molar-refractivity contribution in [3.63, 3.8) is 0 Å². The molecule has 1 aliphatic rings. The van der Waals surface area contributed by atoms with Crippen LogP contribution in [-0.4, -0.2) is 39.7 Å². The fraction of sp³-hybridized carbons (Fsp3) is 0.750. The molecule has 1 aromatic heterocycles. The van der Waals surface area contributed by atoms with E-state index in [-0.39, 0.29) is 11.9 Å². The predicted octanol–water partition coefficient (Wildman–Crippen LogP) is 2.02. The van der Waals surface area contributed by atoms with Gasteiger partial charge in [-0.1, -0.05) is 12.8 Å². The summed E-state index contributed by atoms with van der Waals surface area (Å²) in [5.41, 5.74) is 8.46. The van der Waals surface area contributed by atoms with Gasteiger partial charge in [0.2, 0.25) is 0 Å². The number of rotatable bonds is 4. The number of carbonyl (C=O) groups is 1. The first-order chi connectivity index (χ1) is 10.0. The van der Waals surface area contributed by atoms with Crippen LogP contribution in [0.3, 0.4) is 0 Å². The maximum Gasteiger partial charge on any atom is 0.257 e. The normalized spacial score (nSPS) is 22.3. The van der Waals surface area contributed by atoms with Crippen LogP contribution in [-0.2, 0) is 7.05 Å². The Morgan fingerprint density at radius 2 is 2.05 bits per heavy atom. The summed E-state index contributed by atoms with van der Waals surface area (Å²) in [6, 6.07) is 0.278. The Kier molecular flexibility index (Phi) is 5.04. The minimum absolute atomic E-state index is 0.117. The van der Waals surface area contributed by atoms with Crippen LogP contribution < -0.4 is 5.73 Å². The van der Waals surface area contributed by atoms with E-state index in [2.05, 4.69) is 12.0 Å². The fourth-order valence-corrected chi connectivity index (χ4v) is 3.63. The van der Waals surface area contributed by atoms with E-state index in [1.807, 2.05) is 25.8 Å². The van der Waals surface area contributed by atoms with E-state index in [4.69, 9.17) is 5.73 Å². The number of aromatic nitrogens is 2. The average Bonchev–Trinajstić information content (AvgIpc) is 2.73. The molecule has 1 aliphatic carbocycles. The molecular formula is C16H28N4O. The summed E-state index contributed by atoms with van der Waals surface area (Å²) < 4.78 is 1.79. The summed E-state index contributed by atoms with van der Waals surface area (Å²) >= 11 is 0. The second-order valence-corrected chi connectivity index (χ2v) is 6.11. The van der Waals surface area contributed by atoms with Crippen molar-refractivity contribution < 1.29 is 4.79 Å². The lowest BCUT2D eigenvalue weighted by atomic mass is 9.83. The largest absolute Gasteiger partial charge is 0.336 e. The van der Waals surface area contributed by atoms with E-state index in [0.29, 0.717) is 12.5 Å². The molecule has 0 radical (unpaired) electrons. The number of nitrogens with two attached hydrogens (primary N) is 1. The van der Waals surface area contributed by atoms with Gasteiger partial charge in [0.25, 0.3) is 5.91 Å². The smallest absolute Gasteiger partial charge is 0.257 e. The van der Waals surface area contributed by atoms with Gasteiger partial charge >= 0.3 is 0 Å². The van der Waals surface area contributed by atoms with Crippen molar-refractivity contribution in [1.29, 1.82) is 0 Å². The molecule has 2 unspecified atom stereocenters. The zero-order valence-corrected chi connectivity index (χ0v) is 13.7. The van der Waals surface area contributed by atoms with Crippen molar-refractivity contribution in [3.8, 4) is 0 Å². The molecule has 5 heteroatoms. The van der Waals surface area contributed by atoms with Crippen molar-refractivity contribution in [1.82, 2.24) is 14.7 Å². The van der Waals surface area contributed by atoms with Crippen molar-refractivity contribution in [2.45, 2.75) is 52.5 Å². The zero-order valence-electron chi connectivity index (χ0n) is 13.7. The highest BCUT2D eigenvalue weighted by Crippen LogP contribution is 2.29. The lowest BCUT2D eigenvalue weighted by Gasteiger charge is -2.39. The van der Waals surface area contributed by atoms with Gasteiger partial charge in [-0.2, -0.15) is 5.10 Å². The molecule has 1 aromatic rings. The van der Waals surface area contributed by atoms with Gasteiger partial charge in [0.1, 0.15) is 0 Å². The van der Waals surface area contributed by atoms with Crippen molar-refractivity contribution in [3.05, 3.63) is 17.0 Å². The molecule has 0 aliphatic heterocycles. The van der Waals surface area contributed by atoms with E-state index in [1.165, 1.54) is 12.8 Å². The third-order valence-corrected chi connectivity index (χ3v) is 4.90. The van der Waals surface area contributed by atoms with Gasteiger partial charge in [-0.15, -0.1) is 0 Å². The molecule has 0 bridgehead atoms. The number of hydrogen-bond donors (Lipinski definition) is 1. The van der Waals surface area contributed by atoms with E-state index in [0.717, 1.165) is 36.3 Å². The minimum atomic E-state index is 0.117. The lowest BCUT2D eigenvalue weighted by molar-refractivity contribution is 0.0558. The molecule has 0 spiro atoms. The Hall–Kier alpha value is -1.36. The van der Waals surface area contributed by atoms with Crippen LogP contribution in [0.5, 0.6) is 0 Å². The molecule has 21 heavy (non-hydrogen) atoms. The van der Waals surface area contributed by atoms with Gasteiger partial charge in [-0.25, -0.2) is 0 Å². The first-order valence-electron chi connectivity index (χ1n) is 8.02. The van der Waals surface area contributed by atoms with E-state index >= 15 is 0 Å². The first-order valence-corrected chi connectivity index (χ1v) is 8.02. The molecule has 1 saturated carbocycles. The molecule has 118 valence electrons. The standard InChI is InChI=1S/C16H28N4O/c1-5-20(14-9-7-6-8-13(14)10-17)16(21)15-11(2)18-19(4)12(15)3/h13-14H,5-10,17H2,1-4H3. The average molecular weight is 292 g/mol. The second-order valence-electron chi connectivity index (χ2n) is 6.11. The summed E-state index contributed by atoms with van der Waals surface area (Å²) in [6.45, 7) is 7.33. The third-order valence-electron chi connectivity index (χ3n) is 4.90. The van der Waals surface area contributed by atoms with Crippen LogP contribution in [0, 0.1) is 19.8 Å². The molecule has 1 amide bonds. The molecule has 0 saturated heterocycles. The third kappa shape index (κ3) is 2.98. The van der Waals surface area contributed by atoms with Gasteiger partial charge in [0.05, 0.1) is 11.3 Å². The van der Waals surface area contributed by atoms with Gasteiger partial charge < -0.3 is 10.6 Å². The summed E-state index contributed by atoms with van der Waals surface area (Å²) in [4.78, 5) is 15.0. The highest BCUT2D eigenvalue weighted by atomic mass is 16.2. The molecule has 5 nitrogen and oxygen atoms in total. The number of hydrogen-bond acceptors (Lipinski definition) is 3. The Morgan fingerprint density at radius 1 is 1.38 bits per heavy atom. The van der Waals surface area contributed by atoms with Crippen molar-refractivity contribution in [2.24, 2.45) is 18.7 Å². The van der Waals surface area contributed by atoms with Gasteiger partial charge in [0.15, 0.2) is 0 Å². The molecule has 0 aromatic carbocycles. The topological polar surface area (TPSA) is 64.2 Å². The summed E-state index contributed by atoms with van der Waals surface area (Å²) in [7, 11) is 1.89. The quantitative estimate of drug-likeness (QED) is 0.923. The Bertz CT molecular complexity index is 509. The van der Waals surface area contributed by atoms with Crippen LogP contribution in [0.25, 0.3) is 0 Å². The van der Waals surface area contributed by atoms with Crippen molar-refractivity contribution in [2.75, 3.05) is 13.1 Å². The first kappa shape index (κ1) is 16.0. The second kappa shape index (κ2) is 6.60.